The molecule has 2 rings (SSSR count). The number of carbonyl (C=O) groups excluding carboxylic acids is 2. The van der Waals surface area contributed by atoms with E-state index in [-0.39, 0.29) is 10.6 Å². The van der Waals surface area contributed by atoms with Gasteiger partial charge in [0.05, 0.1) is 10.5 Å². The standard InChI is InChI=1S/C15H9I3O7S/c16-11-6-13(18)12(17)5-10(11)15(20)24-7-14(19)25-8-1-3-9(4-2-8)26(21,22)23/h1-6H,7H2,(H,21,22,23). The number of ether oxygens (including phenoxy) is 2. The Kier molecular flexibility index (Phi) is 7.63. The van der Waals surface area contributed by atoms with E-state index in [4.69, 9.17) is 14.0 Å². The van der Waals surface area contributed by atoms with Crippen molar-refractivity contribution >= 4 is 89.8 Å². The summed E-state index contributed by atoms with van der Waals surface area (Å²) < 4.78 is 43.2. The first-order valence-corrected chi connectivity index (χ1v) is 11.4. The highest BCUT2D eigenvalue weighted by Crippen LogP contribution is 2.23. The van der Waals surface area contributed by atoms with Gasteiger partial charge < -0.3 is 9.47 Å². The van der Waals surface area contributed by atoms with Gasteiger partial charge in [0.2, 0.25) is 0 Å². The molecule has 0 aromatic heterocycles. The quantitative estimate of drug-likeness (QED) is 0.166. The SMILES string of the molecule is O=C(COC(=O)c1cc(I)c(I)cc1I)Oc1ccc(S(=O)(=O)O)cc1. The third-order valence-corrected chi connectivity index (χ3v) is 7.48. The molecule has 1 N–H and O–H groups in total. The molecule has 0 unspecified atom stereocenters. The molecule has 0 saturated heterocycles. The van der Waals surface area contributed by atoms with Gasteiger partial charge in [-0.05, 0) is 104 Å². The average Bonchev–Trinajstić information content (AvgIpc) is 2.55. The molecule has 0 heterocycles. The molecule has 7 nitrogen and oxygen atoms in total. The lowest BCUT2D eigenvalue weighted by Gasteiger charge is -2.08. The number of rotatable bonds is 5. The molecule has 0 saturated carbocycles. The van der Waals surface area contributed by atoms with Crippen molar-refractivity contribution in [2.45, 2.75) is 4.90 Å². The highest BCUT2D eigenvalue weighted by Gasteiger charge is 2.17. The van der Waals surface area contributed by atoms with Crippen LogP contribution < -0.4 is 4.74 Å². The van der Waals surface area contributed by atoms with Crippen molar-refractivity contribution in [1.82, 2.24) is 0 Å². The van der Waals surface area contributed by atoms with Gasteiger partial charge in [-0.1, -0.05) is 0 Å². The Bertz CT molecular complexity index is 956. The van der Waals surface area contributed by atoms with Crippen LogP contribution in [-0.4, -0.2) is 31.5 Å². The van der Waals surface area contributed by atoms with Crippen molar-refractivity contribution in [2.75, 3.05) is 6.61 Å². The molecule has 11 heteroatoms. The van der Waals surface area contributed by atoms with Gasteiger partial charge in [0.15, 0.2) is 6.61 Å². The van der Waals surface area contributed by atoms with Crippen LogP contribution in [0.15, 0.2) is 41.3 Å². The molecule has 26 heavy (non-hydrogen) atoms. The maximum atomic E-state index is 12.1. The largest absolute Gasteiger partial charge is 0.450 e. The lowest BCUT2D eigenvalue weighted by atomic mass is 10.2. The number of hydrogen-bond acceptors (Lipinski definition) is 6. The molecule has 138 valence electrons. The molecule has 0 aliphatic rings. The van der Waals surface area contributed by atoms with E-state index in [9.17, 15) is 18.0 Å². The summed E-state index contributed by atoms with van der Waals surface area (Å²) in [4.78, 5) is 23.5. The Morgan fingerprint density at radius 2 is 1.54 bits per heavy atom. The van der Waals surface area contributed by atoms with Crippen LogP contribution in [-0.2, 0) is 19.6 Å². The van der Waals surface area contributed by atoms with E-state index < -0.39 is 28.7 Å². The van der Waals surface area contributed by atoms with Crippen molar-refractivity contribution in [2.24, 2.45) is 0 Å². The lowest BCUT2D eigenvalue weighted by molar-refractivity contribution is -0.137. The molecule has 0 bridgehead atoms. The van der Waals surface area contributed by atoms with E-state index in [0.29, 0.717) is 9.13 Å². The highest BCUT2D eigenvalue weighted by atomic mass is 127. The van der Waals surface area contributed by atoms with Crippen molar-refractivity contribution in [3.05, 3.63) is 52.7 Å². The fourth-order valence-corrected chi connectivity index (χ4v) is 4.42. The number of benzene rings is 2. The number of carbonyl (C=O) groups is 2. The summed E-state index contributed by atoms with van der Waals surface area (Å²) in [6.07, 6.45) is 0. The van der Waals surface area contributed by atoms with Gasteiger partial charge in [0.1, 0.15) is 5.75 Å². The van der Waals surface area contributed by atoms with E-state index >= 15 is 0 Å². The number of halogens is 3. The number of esters is 2. The summed E-state index contributed by atoms with van der Waals surface area (Å²) in [5, 5.41) is 0. The van der Waals surface area contributed by atoms with Gasteiger partial charge in [-0.3, -0.25) is 4.55 Å². The second-order valence-corrected chi connectivity index (χ2v) is 9.65. The minimum Gasteiger partial charge on any atom is -0.450 e. The van der Waals surface area contributed by atoms with Crippen LogP contribution in [0.3, 0.4) is 0 Å². The smallest absolute Gasteiger partial charge is 0.349 e. The lowest BCUT2D eigenvalue weighted by Crippen LogP contribution is -2.19. The van der Waals surface area contributed by atoms with E-state index in [2.05, 4.69) is 45.2 Å². The predicted molar refractivity (Wildman–Crippen MR) is 117 cm³/mol. The van der Waals surface area contributed by atoms with E-state index in [1.54, 1.807) is 6.07 Å². The molecular weight excluding hydrogens is 705 g/mol. The third-order valence-electron chi connectivity index (χ3n) is 2.90. The van der Waals surface area contributed by atoms with E-state index in [1.165, 1.54) is 12.1 Å². The summed E-state index contributed by atoms with van der Waals surface area (Å²) in [5.41, 5.74) is 0.348. The fraction of sp³-hybridized carbons (Fsp3) is 0.0667. The van der Waals surface area contributed by atoms with Gasteiger partial charge in [-0.25, -0.2) is 9.59 Å². The van der Waals surface area contributed by atoms with Crippen LogP contribution in [0.2, 0.25) is 0 Å². The first-order valence-electron chi connectivity index (χ1n) is 6.68. The zero-order valence-electron chi connectivity index (χ0n) is 12.6. The molecule has 0 amide bonds. The normalized spacial score (nSPS) is 11.1. The predicted octanol–water partition coefficient (Wildman–Crippen LogP) is 3.51. The van der Waals surface area contributed by atoms with E-state index in [1.807, 2.05) is 28.7 Å². The second kappa shape index (κ2) is 9.11. The molecule has 2 aromatic carbocycles. The molecule has 0 spiro atoms. The van der Waals surface area contributed by atoms with Crippen LogP contribution in [0, 0.1) is 10.7 Å². The monoisotopic (exact) mass is 714 g/mol. The second-order valence-electron chi connectivity index (χ2n) is 4.74. The topological polar surface area (TPSA) is 107 Å². The zero-order chi connectivity index (χ0) is 19.5. The Hall–Kier alpha value is -0.520. The van der Waals surface area contributed by atoms with Crippen LogP contribution >= 0.6 is 67.8 Å². The van der Waals surface area contributed by atoms with E-state index in [0.717, 1.165) is 19.3 Å². The van der Waals surface area contributed by atoms with Crippen molar-refractivity contribution in [3.63, 3.8) is 0 Å². The summed E-state index contributed by atoms with van der Waals surface area (Å²) in [7, 11) is -4.32. The van der Waals surface area contributed by atoms with Crippen LogP contribution in [0.5, 0.6) is 5.75 Å². The van der Waals surface area contributed by atoms with Gasteiger partial charge in [-0.15, -0.1) is 0 Å². The van der Waals surface area contributed by atoms with Gasteiger partial charge in [-0.2, -0.15) is 8.42 Å². The summed E-state index contributed by atoms with van der Waals surface area (Å²) in [6, 6.07) is 8.07. The number of hydrogen-bond donors (Lipinski definition) is 1. The maximum Gasteiger partial charge on any atom is 0.349 e. The molecule has 0 aliphatic carbocycles. The molecule has 0 radical (unpaired) electrons. The first-order chi connectivity index (χ1) is 12.1. The van der Waals surface area contributed by atoms with Crippen LogP contribution in [0.4, 0.5) is 0 Å². The molecular formula is C15H9I3O7S. The third kappa shape index (κ3) is 6.00. The van der Waals surface area contributed by atoms with Crippen LogP contribution in [0.1, 0.15) is 10.4 Å². The minimum absolute atomic E-state index is 0.0526. The maximum absolute atomic E-state index is 12.1. The Morgan fingerprint density at radius 3 is 2.12 bits per heavy atom. The first kappa shape index (κ1) is 21.8. The Morgan fingerprint density at radius 1 is 0.962 bits per heavy atom. The molecule has 2 aromatic rings. The highest BCUT2D eigenvalue weighted by molar-refractivity contribution is 14.1. The Balaban J connectivity index is 1.96. The summed E-state index contributed by atoms with van der Waals surface area (Å²) in [5.74, 6) is -1.42. The van der Waals surface area contributed by atoms with Gasteiger partial charge >= 0.3 is 11.9 Å². The Labute approximate surface area is 190 Å². The fourth-order valence-electron chi connectivity index (χ4n) is 1.72. The van der Waals surface area contributed by atoms with Crippen molar-refractivity contribution < 1.29 is 32.0 Å². The summed E-state index contributed by atoms with van der Waals surface area (Å²) >= 11 is 6.25. The van der Waals surface area contributed by atoms with Crippen molar-refractivity contribution in [1.29, 1.82) is 0 Å². The summed E-state index contributed by atoms with van der Waals surface area (Å²) in [6.45, 7) is -0.600. The van der Waals surface area contributed by atoms with Gasteiger partial charge in [0, 0.05) is 10.7 Å². The zero-order valence-corrected chi connectivity index (χ0v) is 19.9. The van der Waals surface area contributed by atoms with Crippen molar-refractivity contribution in [3.8, 4) is 5.75 Å². The van der Waals surface area contributed by atoms with Gasteiger partial charge in [0.25, 0.3) is 10.1 Å². The molecule has 0 atom stereocenters. The molecule has 0 fully saturated rings. The van der Waals surface area contributed by atoms with Crippen LogP contribution in [0.25, 0.3) is 0 Å². The average molecular weight is 714 g/mol. The minimum atomic E-state index is -4.32. The molecule has 0 aliphatic heterocycles.